The molecule has 0 aromatic rings. The molecule has 0 aliphatic rings. The van der Waals surface area contributed by atoms with Crippen LogP contribution in [0.15, 0.2) is 0 Å². The van der Waals surface area contributed by atoms with Crippen molar-refractivity contribution in [3.05, 3.63) is 0 Å². The molecule has 0 rings (SSSR count). The van der Waals surface area contributed by atoms with Gasteiger partial charge in [0.2, 0.25) is 0 Å². The van der Waals surface area contributed by atoms with Crippen LogP contribution in [-0.4, -0.2) is 58.3 Å². The van der Waals surface area contributed by atoms with E-state index in [2.05, 4.69) is 0 Å². The first-order valence-corrected chi connectivity index (χ1v) is 3.94. The van der Waals surface area contributed by atoms with Crippen molar-refractivity contribution in [1.82, 2.24) is 4.90 Å². The zero-order valence-corrected chi connectivity index (χ0v) is 7.18. The van der Waals surface area contributed by atoms with Gasteiger partial charge in [-0.3, -0.25) is 0 Å². The summed E-state index contributed by atoms with van der Waals surface area (Å²) in [6.45, 7) is 0. The van der Waals surface area contributed by atoms with Gasteiger partial charge in [0.25, 0.3) is 0 Å². The summed E-state index contributed by atoms with van der Waals surface area (Å²) < 4.78 is 0.938. The van der Waals surface area contributed by atoms with Crippen molar-refractivity contribution in [2.45, 2.75) is 9.90 Å². The van der Waals surface area contributed by atoms with Gasteiger partial charge >= 0.3 is 61.9 Å². The van der Waals surface area contributed by atoms with E-state index in [1.54, 1.807) is 0 Å². The minimum atomic E-state index is -0.202. The monoisotopic (exact) mass is 111 g/mol. The van der Waals surface area contributed by atoms with Crippen LogP contribution in [0.1, 0.15) is 0 Å². The molecular weight excluding hydrogens is 101 g/mol. The number of aliphatic hydroxyl groups excluding tert-OH is 1. The Labute approximate surface area is 61.9 Å². The van der Waals surface area contributed by atoms with Crippen LogP contribution in [0.5, 0.6) is 0 Å². The van der Waals surface area contributed by atoms with Gasteiger partial charge in [0.15, 0.2) is 0 Å². The molecule has 0 aliphatic heterocycles. The second kappa shape index (κ2) is 3.87. The van der Waals surface area contributed by atoms with Crippen LogP contribution in [0.2, 0.25) is 3.67 Å². The van der Waals surface area contributed by atoms with Crippen LogP contribution in [-0.2, 0) is 0 Å². The Morgan fingerprint density at radius 2 is 2.14 bits per heavy atom. The van der Waals surface area contributed by atoms with Gasteiger partial charge in [0.1, 0.15) is 0 Å². The van der Waals surface area contributed by atoms with Gasteiger partial charge in [0, 0.05) is 0 Å². The summed E-state index contributed by atoms with van der Waals surface area (Å²) in [6, 6.07) is 0. The molecule has 0 saturated carbocycles. The van der Waals surface area contributed by atoms with Crippen molar-refractivity contribution in [3.63, 3.8) is 0 Å². The van der Waals surface area contributed by atoms with Crippen molar-refractivity contribution in [1.29, 1.82) is 0 Å². The molecule has 0 aromatic carbocycles. The average molecular weight is 111 g/mol. The zero-order chi connectivity index (χ0) is 5.86. The summed E-state index contributed by atoms with van der Waals surface area (Å²) in [6.07, 6.45) is -0.202. The van der Waals surface area contributed by atoms with Crippen molar-refractivity contribution in [2.75, 3.05) is 14.1 Å². The molecule has 0 aliphatic carbocycles. The van der Waals surface area contributed by atoms with E-state index in [1.807, 2.05) is 19.0 Å². The Morgan fingerprint density at radius 3 is 2.14 bits per heavy atom. The van der Waals surface area contributed by atoms with E-state index in [4.69, 9.17) is 5.11 Å². The maximum atomic E-state index is 8.90. The van der Waals surface area contributed by atoms with Crippen molar-refractivity contribution < 1.29 is 5.11 Å². The normalized spacial score (nSPS) is 15.1. The van der Waals surface area contributed by atoms with E-state index >= 15 is 0 Å². The molecule has 0 radical (unpaired) electrons. The first-order valence-electron chi connectivity index (χ1n) is 2.53. The molecule has 38 valence electrons. The van der Waals surface area contributed by atoms with Crippen LogP contribution in [0.4, 0.5) is 0 Å². The fourth-order valence-corrected chi connectivity index (χ4v) is 1.10. The first-order chi connectivity index (χ1) is 3.18. The summed E-state index contributed by atoms with van der Waals surface area (Å²) in [5.74, 6) is 0. The molecule has 0 heterocycles. The Kier molecular flexibility index (Phi) is 4.37. The van der Waals surface area contributed by atoms with Gasteiger partial charge in [-0.15, -0.1) is 0 Å². The number of nitrogens with zero attached hydrogens (tertiary/aromatic N) is 1. The molecule has 3 heteroatoms. The average Bonchev–Trinajstić information content (AvgIpc) is 1.65. The van der Waals surface area contributed by atoms with Crippen LogP contribution in [0.25, 0.3) is 0 Å². The third-order valence-corrected chi connectivity index (χ3v) is 1.69. The second-order valence-electron chi connectivity index (χ2n) is 1.85. The van der Waals surface area contributed by atoms with Crippen LogP contribution >= 0.6 is 0 Å². The molecule has 0 spiro atoms. The van der Waals surface area contributed by atoms with Crippen LogP contribution in [0.3, 0.4) is 0 Å². The Balaban J connectivity index is 3.14. The van der Waals surface area contributed by atoms with E-state index in [-0.39, 0.29) is 6.23 Å². The standard InChI is InChI=1S/C4H10NO.Na/c1-4(6)5(2)3;/h4,6H,1H2,2-3H3;. The van der Waals surface area contributed by atoms with Gasteiger partial charge in [0.05, 0.1) is 0 Å². The van der Waals surface area contributed by atoms with Gasteiger partial charge in [-0.1, -0.05) is 0 Å². The third kappa shape index (κ3) is 3.50. The molecule has 0 aromatic heterocycles. The summed E-state index contributed by atoms with van der Waals surface area (Å²) in [5, 5.41) is 8.90. The molecule has 1 unspecified atom stereocenters. The minimum absolute atomic E-state index is 0.202. The van der Waals surface area contributed by atoms with Gasteiger partial charge in [-0.25, -0.2) is 0 Å². The van der Waals surface area contributed by atoms with Crippen LogP contribution < -0.4 is 0 Å². The predicted molar refractivity (Wildman–Crippen MR) is 30.3 cm³/mol. The summed E-state index contributed by atoms with van der Waals surface area (Å²) >= 11 is 1.08. The first kappa shape index (κ1) is 7.92. The molecule has 1 N–H and O–H groups in total. The summed E-state index contributed by atoms with van der Waals surface area (Å²) in [7, 11) is 3.76. The zero-order valence-electron chi connectivity index (χ0n) is 5.18. The Hall–Kier alpha value is 0.920. The number of hydrogen-bond acceptors (Lipinski definition) is 2. The van der Waals surface area contributed by atoms with Crippen molar-refractivity contribution >= 4 is 27.9 Å². The molecule has 0 saturated heterocycles. The van der Waals surface area contributed by atoms with Gasteiger partial charge in [-0.05, 0) is 0 Å². The van der Waals surface area contributed by atoms with E-state index < -0.39 is 0 Å². The fourth-order valence-electron chi connectivity index (χ4n) is 0.365. The summed E-state index contributed by atoms with van der Waals surface area (Å²) in [4.78, 5) is 1.81. The van der Waals surface area contributed by atoms with Crippen molar-refractivity contribution in [3.8, 4) is 0 Å². The Bertz CT molecular complexity index is 49.0. The Morgan fingerprint density at radius 1 is 1.71 bits per heavy atom. The van der Waals surface area contributed by atoms with E-state index in [0.717, 1.165) is 31.6 Å². The maximum absolute atomic E-state index is 8.90. The molecular formula is C4H10NNaO. The molecule has 2 nitrogen and oxygen atoms in total. The SMILES string of the molecule is CN(C)C(O)[CH2][Na]. The van der Waals surface area contributed by atoms with E-state index in [0.29, 0.717) is 0 Å². The molecule has 0 amide bonds. The number of rotatable bonds is 2. The quantitative estimate of drug-likeness (QED) is 0.382. The van der Waals surface area contributed by atoms with E-state index in [1.165, 1.54) is 0 Å². The number of hydrogen-bond donors (Lipinski definition) is 1. The van der Waals surface area contributed by atoms with Crippen LogP contribution in [0, 0.1) is 0 Å². The van der Waals surface area contributed by atoms with Gasteiger partial charge < -0.3 is 0 Å². The molecule has 7 heavy (non-hydrogen) atoms. The number of aliphatic hydroxyl groups is 1. The third-order valence-electron chi connectivity index (χ3n) is 0.961. The second-order valence-corrected chi connectivity index (χ2v) is 2.67. The summed E-state index contributed by atoms with van der Waals surface area (Å²) in [5.41, 5.74) is 0. The molecule has 0 bridgehead atoms. The van der Waals surface area contributed by atoms with E-state index in [9.17, 15) is 0 Å². The van der Waals surface area contributed by atoms with Gasteiger partial charge in [-0.2, -0.15) is 0 Å². The predicted octanol–water partition coefficient (Wildman–Crippen LogP) is -0.547. The topological polar surface area (TPSA) is 23.5 Å². The molecule has 1 atom stereocenters. The fraction of sp³-hybridized carbons (Fsp3) is 1.00. The van der Waals surface area contributed by atoms with Crippen molar-refractivity contribution in [2.24, 2.45) is 0 Å². The molecule has 0 fully saturated rings.